The summed E-state index contributed by atoms with van der Waals surface area (Å²) in [5.41, 5.74) is -0.562. The number of aromatic nitrogens is 1. The van der Waals surface area contributed by atoms with Gasteiger partial charge in [-0.3, -0.25) is 0 Å². The Morgan fingerprint density at radius 2 is 2.06 bits per heavy atom. The monoisotopic (exact) mass is 262 g/mol. The van der Waals surface area contributed by atoms with Crippen molar-refractivity contribution < 1.29 is 23.1 Å². The highest BCUT2D eigenvalue weighted by Gasteiger charge is 2.42. The Balaban J connectivity index is 3.05. The quantitative estimate of drug-likeness (QED) is 0.875. The predicted molar refractivity (Wildman–Crippen MR) is 59.5 cm³/mol. The van der Waals surface area contributed by atoms with Gasteiger partial charge in [0.1, 0.15) is 6.04 Å². The van der Waals surface area contributed by atoms with Crippen molar-refractivity contribution in [2.45, 2.75) is 26.1 Å². The number of halogens is 3. The van der Waals surface area contributed by atoms with Crippen molar-refractivity contribution in [2.75, 3.05) is 5.32 Å². The Hall–Kier alpha value is -1.79. The Morgan fingerprint density at radius 1 is 1.44 bits per heavy atom. The second kappa shape index (κ2) is 5.24. The number of rotatable bonds is 4. The minimum atomic E-state index is -4.46. The van der Waals surface area contributed by atoms with Crippen molar-refractivity contribution in [2.24, 2.45) is 5.92 Å². The zero-order chi connectivity index (χ0) is 13.9. The van der Waals surface area contributed by atoms with Crippen molar-refractivity contribution in [1.82, 2.24) is 4.98 Å². The molecule has 0 aliphatic rings. The van der Waals surface area contributed by atoms with E-state index in [0.717, 1.165) is 0 Å². The maximum atomic E-state index is 12.8. The standard InChI is InChI=1S/C11H13F3N2O2/c1-6(2)9(11(12,13)14)16-7-4-3-5-15-8(7)10(17)18/h3-6,9,16H,1-2H3,(H,17,18). The molecule has 1 aromatic rings. The van der Waals surface area contributed by atoms with E-state index in [1.807, 2.05) is 0 Å². The number of nitrogens with one attached hydrogen (secondary N) is 1. The molecule has 0 aliphatic heterocycles. The molecule has 0 aromatic carbocycles. The van der Waals surface area contributed by atoms with Crippen LogP contribution in [0.4, 0.5) is 18.9 Å². The van der Waals surface area contributed by atoms with Gasteiger partial charge in [-0.05, 0) is 18.1 Å². The van der Waals surface area contributed by atoms with Crippen LogP contribution >= 0.6 is 0 Å². The molecule has 1 unspecified atom stereocenters. The summed E-state index contributed by atoms with van der Waals surface area (Å²) in [6.45, 7) is 2.81. The summed E-state index contributed by atoms with van der Waals surface area (Å²) >= 11 is 0. The highest BCUT2D eigenvalue weighted by molar-refractivity contribution is 5.91. The average Bonchev–Trinajstić information content (AvgIpc) is 2.24. The molecule has 7 heteroatoms. The summed E-state index contributed by atoms with van der Waals surface area (Å²) in [6, 6.07) is 0.819. The molecule has 1 heterocycles. The predicted octanol–water partition coefficient (Wildman–Crippen LogP) is 2.78. The smallest absolute Gasteiger partial charge is 0.408 e. The molecule has 0 saturated heterocycles. The molecule has 0 bridgehead atoms. The van der Waals surface area contributed by atoms with Crippen LogP contribution in [-0.2, 0) is 0 Å². The summed E-state index contributed by atoms with van der Waals surface area (Å²) in [5, 5.41) is 11.0. The molecule has 1 rings (SSSR count). The van der Waals surface area contributed by atoms with Gasteiger partial charge in [0.2, 0.25) is 0 Å². The number of carbonyl (C=O) groups is 1. The Labute approximate surface area is 102 Å². The molecule has 2 N–H and O–H groups in total. The van der Waals surface area contributed by atoms with Gasteiger partial charge in [0.05, 0.1) is 5.69 Å². The van der Waals surface area contributed by atoms with E-state index in [1.165, 1.54) is 32.2 Å². The summed E-state index contributed by atoms with van der Waals surface area (Å²) in [7, 11) is 0. The molecule has 100 valence electrons. The van der Waals surface area contributed by atoms with Crippen LogP contribution in [0.15, 0.2) is 18.3 Å². The molecule has 0 amide bonds. The lowest BCUT2D eigenvalue weighted by Gasteiger charge is -2.26. The number of carboxylic acid groups (broad SMARTS) is 1. The fraction of sp³-hybridized carbons (Fsp3) is 0.455. The lowest BCUT2D eigenvalue weighted by Crippen LogP contribution is -2.41. The van der Waals surface area contributed by atoms with Crippen LogP contribution in [0.25, 0.3) is 0 Å². The molecule has 18 heavy (non-hydrogen) atoms. The highest BCUT2D eigenvalue weighted by atomic mass is 19.4. The van der Waals surface area contributed by atoms with E-state index >= 15 is 0 Å². The van der Waals surface area contributed by atoms with E-state index in [4.69, 9.17) is 5.11 Å². The first-order valence-electron chi connectivity index (χ1n) is 5.25. The number of nitrogens with zero attached hydrogens (tertiary/aromatic N) is 1. The molecule has 0 spiro atoms. The van der Waals surface area contributed by atoms with Crippen molar-refractivity contribution >= 4 is 11.7 Å². The zero-order valence-corrected chi connectivity index (χ0v) is 9.82. The van der Waals surface area contributed by atoms with Crippen LogP contribution in [0.1, 0.15) is 24.3 Å². The first-order valence-corrected chi connectivity index (χ1v) is 5.25. The Morgan fingerprint density at radius 3 is 2.50 bits per heavy atom. The Bertz CT molecular complexity index is 433. The first-order chi connectivity index (χ1) is 8.23. The summed E-state index contributed by atoms with van der Waals surface area (Å²) < 4.78 is 38.3. The van der Waals surface area contributed by atoms with E-state index in [-0.39, 0.29) is 5.69 Å². The maximum Gasteiger partial charge on any atom is 0.408 e. The second-order valence-corrected chi connectivity index (χ2v) is 4.11. The lowest BCUT2D eigenvalue weighted by atomic mass is 10.0. The van der Waals surface area contributed by atoms with Gasteiger partial charge >= 0.3 is 12.1 Å². The van der Waals surface area contributed by atoms with Crippen molar-refractivity contribution in [3.8, 4) is 0 Å². The molecule has 0 radical (unpaired) electrons. The van der Waals surface area contributed by atoms with E-state index in [2.05, 4.69) is 10.3 Å². The van der Waals surface area contributed by atoms with Crippen LogP contribution in [0, 0.1) is 5.92 Å². The van der Waals surface area contributed by atoms with Gasteiger partial charge in [-0.15, -0.1) is 0 Å². The molecular formula is C11H13F3N2O2. The minimum absolute atomic E-state index is 0.138. The van der Waals surface area contributed by atoms with Gasteiger partial charge in [-0.2, -0.15) is 13.2 Å². The molecule has 0 saturated carbocycles. The third-order valence-corrected chi connectivity index (χ3v) is 2.34. The topological polar surface area (TPSA) is 62.2 Å². The maximum absolute atomic E-state index is 12.8. The number of pyridine rings is 1. The highest BCUT2D eigenvalue weighted by Crippen LogP contribution is 2.29. The zero-order valence-electron chi connectivity index (χ0n) is 9.82. The van der Waals surface area contributed by atoms with E-state index in [1.54, 1.807) is 0 Å². The normalized spacial score (nSPS) is 13.4. The molecular weight excluding hydrogens is 249 g/mol. The fourth-order valence-corrected chi connectivity index (χ4v) is 1.49. The van der Waals surface area contributed by atoms with E-state index in [0.29, 0.717) is 0 Å². The molecule has 1 atom stereocenters. The van der Waals surface area contributed by atoms with Crippen molar-refractivity contribution in [3.63, 3.8) is 0 Å². The minimum Gasteiger partial charge on any atom is -0.476 e. The van der Waals surface area contributed by atoms with Crippen LogP contribution in [0.2, 0.25) is 0 Å². The number of hydrogen-bond donors (Lipinski definition) is 2. The van der Waals surface area contributed by atoms with Gasteiger partial charge in [0.15, 0.2) is 5.69 Å². The fourth-order valence-electron chi connectivity index (χ4n) is 1.49. The van der Waals surface area contributed by atoms with Crippen LogP contribution in [-0.4, -0.2) is 28.3 Å². The van der Waals surface area contributed by atoms with Gasteiger partial charge in [0, 0.05) is 6.20 Å². The summed E-state index contributed by atoms with van der Waals surface area (Å²) in [5.74, 6) is -2.10. The number of anilines is 1. The molecule has 0 fully saturated rings. The van der Waals surface area contributed by atoms with Gasteiger partial charge in [-0.1, -0.05) is 13.8 Å². The molecule has 0 aliphatic carbocycles. The molecule has 4 nitrogen and oxygen atoms in total. The third-order valence-electron chi connectivity index (χ3n) is 2.34. The largest absolute Gasteiger partial charge is 0.476 e. The van der Waals surface area contributed by atoms with Crippen LogP contribution < -0.4 is 5.32 Å². The van der Waals surface area contributed by atoms with Gasteiger partial charge in [-0.25, -0.2) is 9.78 Å². The van der Waals surface area contributed by atoms with E-state index in [9.17, 15) is 18.0 Å². The van der Waals surface area contributed by atoms with Crippen molar-refractivity contribution in [3.05, 3.63) is 24.0 Å². The SMILES string of the molecule is CC(C)C(Nc1cccnc1C(=O)O)C(F)(F)F. The number of hydrogen-bond acceptors (Lipinski definition) is 3. The Kier molecular flexibility index (Phi) is 4.15. The van der Waals surface area contributed by atoms with Crippen molar-refractivity contribution in [1.29, 1.82) is 0 Å². The molecule has 1 aromatic heterocycles. The second-order valence-electron chi connectivity index (χ2n) is 4.11. The van der Waals surface area contributed by atoms with Gasteiger partial charge in [0.25, 0.3) is 0 Å². The summed E-state index contributed by atoms with van der Waals surface area (Å²) in [6.07, 6.45) is -3.24. The van der Waals surface area contributed by atoms with Crippen LogP contribution in [0.5, 0.6) is 0 Å². The number of carboxylic acids is 1. The first kappa shape index (κ1) is 14.3. The third kappa shape index (κ3) is 3.35. The number of aromatic carboxylic acids is 1. The average molecular weight is 262 g/mol. The number of alkyl halides is 3. The lowest BCUT2D eigenvalue weighted by molar-refractivity contribution is -0.150. The summed E-state index contributed by atoms with van der Waals surface area (Å²) in [4.78, 5) is 14.4. The van der Waals surface area contributed by atoms with Gasteiger partial charge < -0.3 is 10.4 Å². The van der Waals surface area contributed by atoms with E-state index < -0.39 is 29.8 Å². The van der Waals surface area contributed by atoms with Crippen LogP contribution in [0.3, 0.4) is 0 Å².